The predicted octanol–water partition coefficient (Wildman–Crippen LogP) is 6.96. The number of fused-ring (bicyclic) bond motifs is 1. The zero-order valence-electron chi connectivity index (χ0n) is 13.1. The fourth-order valence-electron chi connectivity index (χ4n) is 2.28. The van der Waals surface area contributed by atoms with E-state index in [2.05, 4.69) is 97.7 Å². The van der Waals surface area contributed by atoms with Gasteiger partial charge in [-0.1, -0.05) is 85.5 Å². The lowest BCUT2D eigenvalue weighted by Gasteiger charge is -2.23. The highest BCUT2D eigenvalue weighted by Gasteiger charge is 2.19. The standard InChI is InChI=1S/C18H22Br2/c1-17(2,3)12-7-11-8-13(18(4,5)6)10-15(20)16(11)14(19)9-12/h7-10H,1-6H3. The summed E-state index contributed by atoms with van der Waals surface area (Å²) in [5.74, 6) is 0. The van der Waals surface area contributed by atoms with Crippen molar-refractivity contribution >= 4 is 42.6 Å². The molecule has 0 nitrogen and oxygen atoms in total. The zero-order valence-corrected chi connectivity index (χ0v) is 16.2. The fourth-order valence-corrected chi connectivity index (χ4v) is 3.92. The molecule has 0 radical (unpaired) electrons. The molecule has 108 valence electrons. The molecule has 2 rings (SSSR count). The fraction of sp³-hybridized carbons (Fsp3) is 0.444. The lowest BCUT2D eigenvalue weighted by molar-refractivity contribution is 0.589. The third-order valence-electron chi connectivity index (χ3n) is 3.68. The smallest absolute Gasteiger partial charge is 0.0268 e. The van der Waals surface area contributed by atoms with Crippen LogP contribution in [-0.4, -0.2) is 0 Å². The van der Waals surface area contributed by atoms with Crippen LogP contribution in [0, 0.1) is 0 Å². The summed E-state index contributed by atoms with van der Waals surface area (Å²) < 4.78 is 2.32. The van der Waals surface area contributed by atoms with Gasteiger partial charge in [-0.2, -0.15) is 0 Å². The maximum absolute atomic E-state index is 3.74. The summed E-state index contributed by atoms with van der Waals surface area (Å²) in [4.78, 5) is 0. The molecule has 0 heterocycles. The third-order valence-corrected chi connectivity index (χ3v) is 4.94. The number of rotatable bonds is 0. The molecule has 0 atom stereocenters. The van der Waals surface area contributed by atoms with E-state index in [-0.39, 0.29) is 10.8 Å². The topological polar surface area (TPSA) is 0 Å². The summed E-state index contributed by atoms with van der Waals surface area (Å²) in [7, 11) is 0. The zero-order chi connectivity index (χ0) is 15.3. The van der Waals surface area contributed by atoms with Crippen LogP contribution in [-0.2, 0) is 10.8 Å². The Hall–Kier alpha value is -0.340. The van der Waals surface area contributed by atoms with Crippen molar-refractivity contribution in [1.29, 1.82) is 0 Å². The van der Waals surface area contributed by atoms with E-state index in [1.807, 2.05) is 0 Å². The van der Waals surface area contributed by atoms with Crippen LogP contribution < -0.4 is 0 Å². The summed E-state index contributed by atoms with van der Waals surface area (Å²) in [6, 6.07) is 9.12. The highest BCUT2D eigenvalue weighted by atomic mass is 79.9. The highest BCUT2D eigenvalue weighted by molar-refractivity contribution is 9.11. The van der Waals surface area contributed by atoms with Crippen LogP contribution in [0.2, 0.25) is 0 Å². The second-order valence-electron chi connectivity index (χ2n) is 7.51. The first-order chi connectivity index (χ1) is 9.00. The van der Waals surface area contributed by atoms with Gasteiger partial charge >= 0.3 is 0 Å². The quantitative estimate of drug-likeness (QED) is 0.450. The molecule has 0 unspecified atom stereocenters. The summed E-state index contributed by atoms with van der Waals surface area (Å²) in [6.07, 6.45) is 0. The molecule has 0 N–H and O–H groups in total. The average Bonchev–Trinajstić information content (AvgIpc) is 2.25. The van der Waals surface area contributed by atoms with Gasteiger partial charge in [0.2, 0.25) is 0 Å². The summed E-state index contributed by atoms with van der Waals surface area (Å²) in [5.41, 5.74) is 3.02. The summed E-state index contributed by atoms with van der Waals surface area (Å²) in [5, 5.41) is 2.55. The number of benzene rings is 2. The maximum Gasteiger partial charge on any atom is 0.0268 e. The van der Waals surface area contributed by atoms with Gasteiger partial charge in [0.15, 0.2) is 0 Å². The van der Waals surface area contributed by atoms with Crippen molar-refractivity contribution in [1.82, 2.24) is 0 Å². The lowest BCUT2D eigenvalue weighted by Crippen LogP contribution is -2.12. The van der Waals surface area contributed by atoms with E-state index in [0.717, 1.165) is 8.95 Å². The molecule has 0 aliphatic carbocycles. The van der Waals surface area contributed by atoms with Crippen molar-refractivity contribution < 1.29 is 0 Å². The van der Waals surface area contributed by atoms with Crippen LogP contribution in [0.1, 0.15) is 52.7 Å². The van der Waals surface area contributed by atoms with E-state index in [0.29, 0.717) is 0 Å². The molecule has 0 saturated carbocycles. The molecule has 0 aliphatic rings. The van der Waals surface area contributed by atoms with Gasteiger partial charge in [0.05, 0.1) is 0 Å². The Morgan fingerprint density at radius 2 is 1.00 bits per heavy atom. The molecule has 0 fully saturated rings. The van der Waals surface area contributed by atoms with Crippen LogP contribution in [0.15, 0.2) is 33.2 Å². The first-order valence-corrected chi connectivity index (χ1v) is 8.52. The van der Waals surface area contributed by atoms with Gasteiger partial charge in [-0.15, -0.1) is 0 Å². The van der Waals surface area contributed by atoms with E-state index >= 15 is 0 Å². The first kappa shape index (κ1) is 16.0. The van der Waals surface area contributed by atoms with Crippen molar-refractivity contribution in [2.24, 2.45) is 0 Å². The highest BCUT2D eigenvalue weighted by Crippen LogP contribution is 2.38. The van der Waals surface area contributed by atoms with Crippen molar-refractivity contribution in [3.8, 4) is 0 Å². The van der Waals surface area contributed by atoms with Gasteiger partial charge in [-0.25, -0.2) is 0 Å². The van der Waals surface area contributed by atoms with Gasteiger partial charge < -0.3 is 0 Å². The SMILES string of the molecule is CC(C)(C)c1cc(Br)c2c(Br)cc(C(C)(C)C)cc2c1. The molecule has 0 aliphatic heterocycles. The van der Waals surface area contributed by atoms with Crippen LogP contribution in [0.3, 0.4) is 0 Å². The maximum atomic E-state index is 3.74. The van der Waals surface area contributed by atoms with Crippen LogP contribution in [0.4, 0.5) is 0 Å². The van der Waals surface area contributed by atoms with Gasteiger partial charge in [0, 0.05) is 14.3 Å². The molecule has 0 spiro atoms. The first-order valence-electron chi connectivity index (χ1n) is 6.94. The Morgan fingerprint density at radius 1 is 0.650 bits per heavy atom. The van der Waals surface area contributed by atoms with Crippen molar-refractivity contribution in [2.45, 2.75) is 52.4 Å². The van der Waals surface area contributed by atoms with E-state index in [1.165, 1.54) is 21.9 Å². The normalized spacial score (nSPS) is 13.0. The Balaban J connectivity index is 2.81. The van der Waals surface area contributed by atoms with Crippen LogP contribution >= 0.6 is 31.9 Å². The van der Waals surface area contributed by atoms with Crippen LogP contribution in [0.5, 0.6) is 0 Å². The second kappa shape index (κ2) is 5.14. The number of hydrogen-bond acceptors (Lipinski definition) is 0. The average molecular weight is 398 g/mol. The molecule has 0 amide bonds. The summed E-state index contributed by atoms with van der Waals surface area (Å²) in [6.45, 7) is 13.5. The minimum Gasteiger partial charge on any atom is -0.0561 e. The van der Waals surface area contributed by atoms with E-state index in [4.69, 9.17) is 0 Å². The lowest BCUT2D eigenvalue weighted by atomic mass is 9.83. The Morgan fingerprint density at radius 3 is 1.30 bits per heavy atom. The van der Waals surface area contributed by atoms with Gasteiger partial charge in [-0.3, -0.25) is 0 Å². The number of halogens is 2. The monoisotopic (exact) mass is 396 g/mol. The Bertz CT molecular complexity index is 601. The van der Waals surface area contributed by atoms with Gasteiger partial charge in [0.25, 0.3) is 0 Å². The molecule has 0 bridgehead atoms. The molecule has 2 heteroatoms. The molecule has 0 aromatic heterocycles. The molecular weight excluding hydrogens is 376 g/mol. The molecule has 2 aromatic carbocycles. The predicted molar refractivity (Wildman–Crippen MR) is 96.7 cm³/mol. The molecule has 0 saturated heterocycles. The Kier molecular flexibility index (Phi) is 4.12. The van der Waals surface area contributed by atoms with Crippen molar-refractivity contribution in [3.05, 3.63) is 44.3 Å². The van der Waals surface area contributed by atoms with E-state index in [1.54, 1.807) is 0 Å². The largest absolute Gasteiger partial charge is 0.0561 e. The van der Waals surface area contributed by atoms with Crippen LogP contribution in [0.25, 0.3) is 10.8 Å². The third kappa shape index (κ3) is 3.12. The molecule has 20 heavy (non-hydrogen) atoms. The van der Waals surface area contributed by atoms with Crippen molar-refractivity contribution in [3.63, 3.8) is 0 Å². The van der Waals surface area contributed by atoms with Gasteiger partial charge in [-0.05, 0) is 39.5 Å². The minimum atomic E-state index is 0.154. The number of hydrogen-bond donors (Lipinski definition) is 0. The second-order valence-corrected chi connectivity index (χ2v) is 9.22. The molecule has 2 aromatic rings. The van der Waals surface area contributed by atoms with Crippen molar-refractivity contribution in [2.75, 3.05) is 0 Å². The van der Waals surface area contributed by atoms with E-state index in [9.17, 15) is 0 Å². The van der Waals surface area contributed by atoms with Gasteiger partial charge in [0.1, 0.15) is 0 Å². The Labute approximate surface area is 139 Å². The summed E-state index contributed by atoms with van der Waals surface area (Å²) >= 11 is 7.47. The molecular formula is C18H22Br2. The minimum absolute atomic E-state index is 0.154. The van der Waals surface area contributed by atoms with E-state index < -0.39 is 0 Å².